The molecule has 0 saturated heterocycles. The van der Waals surface area contributed by atoms with E-state index in [1.165, 1.54) is 25.7 Å². The number of rotatable bonds is 7. The van der Waals surface area contributed by atoms with E-state index in [1.807, 2.05) is 0 Å². The van der Waals surface area contributed by atoms with Crippen LogP contribution in [0.25, 0.3) is 0 Å². The molecule has 0 radical (unpaired) electrons. The zero-order chi connectivity index (χ0) is 16.7. The van der Waals surface area contributed by atoms with Crippen molar-refractivity contribution in [3.63, 3.8) is 0 Å². The van der Waals surface area contributed by atoms with Gasteiger partial charge in [-0.05, 0) is 37.1 Å². The Hall–Kier alpha value is -1.44. The van der Waals surface area contributed by atoms with Crippen LogP contribution in [0.3, 0.4) is 0 Å². The van der Waals surface area contributed by atoms with Gasteiger partial charge in [0.05, 0.1) is 11.5 Å². The molecule has 1 aliphatic carbocycles. The Morgan fingerprint density at radius 2 is 1.83 bits per heavy atom. The molecule has 0 atom stereocenters. The van der Waals surface area contributed by atoms with Crippen LogP contribution >= 0.6 is 0 Å². The van der Waals surface area contributed by atoms with Crippen LogP contribution in [0.1, 0.15) is 42.5 Å². The molecule has 1 saturated carbocycles. The van der Waals surface area contributed by atoms with Crippen LogP contribution in [0.5, 0.6) is 0 Å². The molecule has 0 heterocycles. The topological polar surface area (TPSA) is 84.5 Å². The van der Waals surface area contributed by atoms with Crippen molar-refractivity contribution in [1.82, 2.24) is 10.0 Å². The number of hydrogen-bond donors (Lipinski definition) is 2. The summed E-state index contributed by atoms with van der Waals surface area (Å²) in [6.45, 7) is 0.518. The molecule has 1 aromatic carbocycles. The second-order valence-corrected chi connectivity index (χ2v) is 7.49. The first-order valence-electron chi connectivity index (χ1n) is 7.92. The Morgan fingerprint density at radius 3 is 2.43 bits per heavy atom. The van der Waals surface area contributed by atoms with E-state index in [2.05, 4.69) is 10.0 Å². The minimum Gasteiger partial charge on any atom is -0.383 e. The van der Waals surface area contributed by atoms with E-state index in [9.17, 15) is 13.2 Å². The fourth-order valence-corrected chi connectivity index (χ4v) is 3.68. The largest absolute Gasteiger partial charge is 0.383 e. The molecule has 2 N–H and O–H groups in total. The molecular formula is C16H24N2O4S. The third-order valence-electron chi connectivity index (χ3n) is 3.97. The lowest BCUT2D eigenvalue weighted by molar-refractivity contribution is 0.0927. The summed E-state index contributed by atoms with van der Waals surface area (Å²) in [5, 5.41) is 3.01. The van der Waals surface area contributed by atoms with Crippen LogP contribution in [-0.2, 0) is 14.8 Å². The van der Waals surface area contributed by atoms with Gasteiger partial charge in [0.25, 0.3) is 5.91 Å². The average Bonchev–Trinajstić information content (AvgIpc) is 2.56. The third kappa shape index (κ3) is 5.30. The van der Waals surface area contributed by atoms with Gasteiger partial charge in [0.1, 0.15) is 0 Å². The summed E-state index contributed by atoms with van der Waals surface area (Å²) in [6, 6.07) is 6.22. The van der Waals surface area contributed by atoms with Crippen LogP contribution in [0.2, 0.25) is 0 Å². The number of sulfonamides is 1. The molecule has 0 bridgehead atoms. The van der Waals surface area contributed by atoms with E-state index in [-0.39, 0.29) is 23.4 Å². The van der Waals surface area contributed by atoms with E-state index >= 15 is 0 Å². The van der Waals surface area contributed by atoms with Crippen LogP contribution < -0.4 is 10.0 Å². The van der Waals surface area contributed by atoms with Gasteiger partial charge in [-0.3, -0.25) is 4.79 Å². The van der Waals surface area contributed by atoms with Gasteiger partial charge < -0.3 is 10.1 Å². The number of carbonyl (C=O) groups excluding carboxylic acids is 1. The zero-order valence-electron chi connectivity index (χ0n) is 13.4. The molecule has 2 rings (SSSR count). The molecule has 1 amide bonds. The van der Waals surface area contributed by atoms with Crippen molar-refractivity contribution in [3.8, 4) is 0 Å². The van der Waals surface area contributed by atoms with Crippen molar-refractivity contribution in [2.75, 3.05) is 20.3 Å². The lowest BCUT2D eigenvalue weighted by Gasteiger charge is -2.22. The van der Waals surface area contributed by atoms with E-state index in [1.54, 1.807) is 12.1 Å². The maximum Gasteiger partial charge on any atom is 0.251 e. The van der Waals surface area contributed by atoms with E-state index in [0.29, 0.717) is 12.2 Å². The first-order chi connectivity index (χ1) is 11.0. The molecule has 7 heteroatoms. The van der Waals surface area contributed by atoms with Gasteiger partial charge in [-0.1, -0.05) is 19.3 Å². The maximum atomic E-state index is 12.2. The molecule has 0 spiro atoms. The van der Waals surface area contributed by atoms with E-state index < -0.39 is 10.0 Å². The first-order valence-corrected chi connectivity index (χ1v) is 9.41. The molecule has 23 heavy (non-hydrogen) atoms. The van der Waals surface area contributed by atoms with Gasteiger partial charge in [0, 0.05) is 25.3 Å². The van der Waals surface area contributed by atoms with Crippen LogP contribution in [-0.4, -0.2) is 40.6 Å². The highest BCUT2D eigenvalue weighted by Crippen LogP contribution is 2.18. The standard InChI is InChI=1S/C16H24N2O4S/c1-22-12-11-17-23(20,21)15-9-7-13(8-10-15)16(19)18-14-5-3-2-4-6-14/h7-10,14,17H,2-6,11-12H2,1H3,(H,18,19). The summed E-state index contributed by atoms with van der Waals surface area (Å²) in [6.07, 6.45) is 5.56. The quantitative estimate of drug-likeness (QED) is 0.740. The number of nitrogens with one attached hydrogen (secondary N) is 2. The molecular weight excluding hydrogens is 316 g/mol. The van der Waals surface area contributed by atoms with Crippen molar-refractivity contribution in [3.05, 3.63) is 29.8 Å². The van der Waals surface area contributed by atoms with Crippen molar-refractivity contribution in [2.24, 2.45) is 0 Å². The molecule has 0 unspecified atom stereocenters. The van der Waals surface area contributed by atoms with Gasteiger partial charge in [-0.25, -0.2) is 13.1 Å². The summed E-state index contributed by atoms with van der Waals surface area (Å²) >= 11 is 0. The number of benzene rings is 1. The van der Waals surface area contributed by atoms with Gasteiger partial charge in [0.2, 0.25) is 10.0 Å². The number of methoxy groups -OCH3 is 1. The van der Waals surface area contributed by atoms with Crippen molar-refractivity contribution < 1.29 is 17.9 Å². The fraction of sp³-hybridized carbons (Fsp3) is 0.562. The smallest absolute Gasteiger partial charge is 0.251 e. The summed E-state index contributed by atoms with van der Waals surface area (Å²) in [5.41, 5.74) is 0.478. The van der Waals surface area contributed by atoms with Crippen molar-refractivity contribution in [2.45, 2.75) is 43.0 Å². The lowest BCUT2D eigenvalue weighted by Crippen LogP contribution is -2.36. The number of ether oxygens (including phenoxy) is 1. The first kappa shape index (κ1) is 17.9. The van der Waals surface area contributed by atoms with Crippen molar-refractivity contribution in [1.29, 1.82) is 0 Å². The van der Waals surface area contributed by atoms with Crippen LogP contribution in [0, 0.1) is 0 Å². The van der Waals surface area contributed by atoms with Gasteiger partial charge in [-0.15, -0.1) is 0 Å². The fourth-order valence-electron chi connectivity index (χ4n) is 2.66. The minimum absolute atomic E-state index is 0.141. The molecule has 1 aliphatic rings. The second-order valence-electron chi connectivity index (χ2n) is 5.72. The monoisotopic (exact) mass is 340 g/mol. The Bertz CT molecular complexity index is 607. The minimum atomic E-state index is -3.56. The average molecular weight is 340 g/mol. The lowest BCUT2D eigenvalue weighted by atomic mass is 9.95. The Kier molecular flexibility index (Phi) is 6.56. The SMILES string of the molecule is COCCNS(=O)(=O)c1ccc(C(=O)NC2CCCCC2)cc1. The predicted octanol–water partition coefficient (Wildman–Crippen LogP) is 1.67. The van der Waals surface area contributed by atoms with Crippen LogP contribution in [0.15, 0.2) is 29.2 Å². The molecule has 1 fully saturated rings. The molecule has 6 nitrogen and oxygen atoms in total. The normalized spacial score (nSPS) is 16.2. The van der Waals surface area contributed by atoms with Gasteiger partial charge in [-0.2, -0.15) is 0 Å². The maximum absolute atomic E-state index is 12.2. The van der Waals surface area contributed by atoms with E-state index in [4.69, 9.17) is 4.74 Å². The van der Waals surface area contributed by atoms with Crippen molar-refractivity contribution >= 4 is 15.9 Å². The summed E-state index contributed by atoms with van der Waals surface area (Å²) in [7, 11) is -2.06. The Labute approximate surface area is 137 Å². The Balaban J connectivity index is 1.96. The highest BCUT2D eigenvalue weighted by atomic mass is 32.2. The Morgan fingerprint density at radius 1 is 1.17 bits per heavy atom. The highest BCUT2D eigenvalue weighted by molar-refractivity contribution is 7.89. The molecule has 0 aromatic heterocycles. The molecule has 0 aliphatic heterocycles. The van der Waals surface area contributed by atoms with Gasteiger partial charge in [0.15, 0.2) is 0 Å². The summed E-state index contributed by atoms with van der Waals surface area (Å²) < 4.78 is 31.3. The molecule has 1 aromatic rings. The van der Waals surface area contributed by atoms with Crippen LogP contribution in [0.4, 0.5) is 0 Å². The predicted molar refractivity (Wildman–Crippen MR) is 87.8 cm³/mol. The number of amides is 1. The second kappa shape index (κ2) is 8.42. The summed E-state index contributed by atoms with van der Waals surface area (Å²) in [4.78, 5) is 12.3. The summed E-state index contributed by atoms with van der Waals surface area (Å²) in [5.74, 6) is -0.145. The third-order valence-corrected chi connectivity index (χ3v) is 5.44. The molecule has 128 valence electrons. The van der Waals surface area contributed by atoms with E-state index in [0.717, 1.165) is 25.7 Å². The van der Waals surface area contributed by atoms with Gasteiger partial charge >= 0.3 is 0 Å². The zero-order valence-corrected chi connectivity index (χ0v) is 14.2. The number of hydrogen-bond acceptors (Lipinski definition) is 4. The highest BCUT2D eigenvalue weighted by Gasteiger charge is 2.18. The number of carbonyl (C=O) groups is 1.